The van der Waals surface area contributed by atoms with Crippen LogP contribution < -0.4 is 5.73 Å². The van der Waals surface area contributed by atoms with Gasteiger partial charge in [-0.05, 0) is 36.2 Å². The molecule has 0 amide bonds. The van der Waals surface area contributed by atoms with E-state index in [4.69, 9.17) is 10.5 Å². The van der Waals surface area contributed by atoms with Gasteiger partial charge in [-0.25, -0.2) is 12.4 Å². The molecule has 0 aliphatic rings. The second kappa shape index (κ2) is 8.98. The molecule has 0 radical (unpaired) electrons. The van der Waals surface area contributed by atoms with Gasteiger partial charge in [0, 0.05) is 18.0 Å². The van der Waals surface area contributed by atoms with Crippen LogP contribution >= 0.6 is 0 Å². The Morgan fingerprint density at radius 2 is 1.62 bits per heavy atom. The minimum atomic E-state index is -3.80. The number of nitrogens with two attached hydrogens (primary N) is 1. The van der Waals surface area contributed by atoms with E-state index in [2.05, 4.69) is 0 Å². The van der Waals surface area contributed by atoms with Gasteiger partial charge in [-0.3, -0.25) is 4.79 Å². The van der Waals surface area contributed by atoms with Crippen molar-refractivity contribution < 1.29 is 17.9 Å². The number of hydrogen-bond donors (Lipinski definition) is 1. The number of benzene rings is 3. The lowest BCUT2D eigenvalue weighted by Crippen LogP contribution is -2.34. The first-order valence-electron chi connectivity index (χ1n) is 10.2. The molecule has 4 aromatic rings. The normalized spacial score (nSPS) is 12.6. The summed E-state index contributed by atoms with van der Waals surface area (Å²) in [5.74, 6) is -0.535. The van der Waals surface area contributed by atoms with Crippen LogP contribution in [0, 0.1) is 6.92 Å². The fourth-order valence-electron chi connectivity index (χ4n) is 3.56. The summed E-state index contributed by atoms with van der Waals surface area (Å²) in [5, 5.41) is 0.731. The van der Waals surface area contributed by atoms with Crippen molar-refractivity contribution in [3.8, 4) is 0 Å². The third kappa shape index (κ3) is 4.44. The van der Waals surface area contributed by atoms with E-state index in [0.29, 0.717) is 11.1 Å². The number of nitrogens with zero attached hydrogens (tertiary/aromatic N) is 1. The van der Waals surface area contributed by atoms with E-state index < -0.39 is 22.0 Å². The first kappa shape index (κ1) is 21.8. The molecule has 164 valence electrons. The Morgan fingerprint density at radius 3 is 2.34 bits per heavy atom. The van der Waals surface area contributed by atoms with E-state index in [-0.39, 0.29) is 17.9 Å². The van der Waals surface area contributed by atoms with Gasteiger partial charge in [0.1, 0.15) is 12.6 Å². The molecule has 4 rings (SSSR count). The Balaban J connectivity index is 1.60. The van der Waals surface area contributed by atoms with E-state index in [1.165, 1.54) is 3.97 Å². The van der Waals surface area contributed by atoms with Gasteiger partial charge in [0.15, 0.2) is 0 Å². The highest BCUT2D eigenvalue weighted by Crippen LogP contribution is 2.27. The van der Waals surface area contributed by atoms with Crippen LogP contribution in [0.4, 0.5) is 0 Å². The summed E-state index contributed by atoms with van der Waals surface area (Å²) in [4.78, 5) is 12.6. The lowest BCUT2D eigenvalue weighted by molar-refractivity contribution is -0.146. The Hall–Kier alpha value is -3.42. The monoisotopic (exact) mass is 448 g/mol. The summed E-state index contributed by atoms with van der Waals surface area (Å²) < 4.78 is 33.2. The molecule has 0 aliphatic heterocycles. The fourth-order valence-corrected chi connectivity index (χ4v) is 4.95. The highest BCUT2D eigenvalue weighted by Gasteiger charge is 2.24. The second-order valence-corrected chi connectivity index (χ2v) is 9.50. The number of para-hydroxylation sites is 1. The van der Waals surface area contributed by atoms with Gasteiger partial charge in [0.05, 0.1) is 10.4 Å². The molecule has 7 heteroatoms. The van der Waals surface area contributed by atoms with Crippen molar-refractivity contribution in [3.05, 3.63) is 102 Å². The number of carbonyl (C=O) groups is 1. The number of rotatable bonds is 7. The van der Waals surface area contributed by atoms with Crippen molar-refractivity contribution in [3.63, 3.8) is 0 Å². The van der Waals surface area contributed by atoms with Crippen molar-refractivity contribution in [2.75, 3.05) is 0 Å². The molecular weight excluding hydrogens is 424 g/mol. The average molecular weight is 449 g/mol. The van der Waals surface area contributed by atoms with E-state index in [9.17, 15) is 13.2 Å². The molecule has 2 N–H and O–H groups in total. The molecular formula is C25H24N2O4S. The Kier molecular flexibility index (Phi) is 6.12. The summed E-state index contributed by atoms with van der Waals surface area (Å²) in [6.45, 7) is 2.04. The molecule has 1 atom stereocenters. The summed E-state index contributed by atoms with van der Waals surface area (Å²) >= 11 is 0. The summed E-state index contributed by atoms with van der Waals surface area (Å²) in [7, 11) is -3.80. The van der Waals surface area contributed by atoms with E-state index in [0.717, 1.165) is 16.5 Å². The highest BCUT2D eigenvalue weighted by molar-refractivity contribution is 7.90. The van der Waals surface area contributed by atoms with Crippen molar-refractivity contribution in [2.45, 2.75) is 30.9 Å². The first-order valence-corrected chi connectivity index (χ1v) is 11.7. The second-order valence-electron chi connectivity index (χ2n) is 7.69. The van der Waals surface area contributed by atoms with Crippen LogP contribution in [0.25, 0.3) is 10.9 Å². The third-order valence-electron chi connectivity index (χ3n) is 5.30. The van der Waals surface area contributed by atoms with Crippen LogP contribution in [0.5, 0.6) is 0 Å². The molecule has 0 aliphatic carbocycles. The van der Waals surface area contributed by atoms with Crippen molar-refractivity contribution in [1.82, 2.24) is 3.97 Å². The lowest BCUT2D eigenvalue weighted by Gasteiger charge is -2.11. The maximum atomic E-state index is 13.3. The third-order valence-corrected chi connectivity index (χ3v) is 6.99. The van der Waals surface area contributed by atoms with Crippen LogP contribution in [0.2, 0.25) is 0 Å². The maximum absolute atomic E-state index is 13.3. The van der Waals surface area contributed by atoms with Gasteiger partial charge in [-0.15, -0.1) is 0 Å². The van der Waals surface area contributed by atoms with Crippen LogP contribution in [-0.2, 0) is 32.6 Å². The molecule has 0 unspecified atom stereocenters. The Labute approximate surface area is 187 Å². The lowest BCUT2D eigenvalue weighted by atomic mass is 10.1. The van der Waals surface area contributed by atoms with Crippen molar-refractivity contribution >= 4 is 26.9 Å². The molecule has 3 aromatic carbocycles. The van der Waals surface area contributed by atoms with Crippen LogP contribution in [0.15, 0.2) is 90.0 Å². The van der Waals surface area contributed by atoms with E-state index >= 15 is 0 Å². The summed E-state index contributed by atoms with van der Waals surface area (Å²) in [6, 6.07) is 22.3. The van der Waals surface area contributed by atoms with Crippen LogP contribution in [-0.4, -0.2) is 24.4 Å². The van der Waals surface area contributed by atoms with Crippen LogP contribution in [0.3, 0.4) is 0 Å². The quantitative estimate of drug-likeness (QED) is 0.434. The maximum Gasteiger partial charge on any atom is 0.323 e. The summed E-state index contributed by atoms with van der Waals surface area (Å²) in [6.07, 6.45) is 1.70. The highest BCUT2D eigenvalue weighted by atomic mass is 32.2. The zero-order valence-corrected chi connectivity index (χ0v) is 18.5. The number of hydrogen-bond acceptors (Lipinski definition) is 5. The molecule has 6 nitrogen and oxygen atoms in total. The molecule has 32 heavy (non-hydrogen) atoms. The zero-order chi connectivity index (χ0) is 22.7. The number of ether oxygens (including phenoxy) is 1. The van der Waals surface area contributed by atoms with Gasteiger partial charge in [-0.1, -0.05) is 66.2 Å². The smallest absolute Gasteiger partial charge is 0.323 e. The minimum Gasteiger partial charge on any atom is -0.460 e. The number of esters is 1. The van der Waals surface area contributed by atoms with Crippen molar-refractivity contribution in [1.29, 1.82) is 0 Å². The number of aryl methyl sites for hydroxylation is 1. The minimum absolute atomic E-state index is 0.136. The van der Waals surface area contributed by atoms with Gasteiger partial charge < -0.3 is 10.5 Å². The van der Waals surface area contributed by atoms with E-state index in [1.807, 2.05) is 49.4 Å². The van der Waals surface area contributed by atoms with Crippen molar-refractivity contribution in [2.24, 2.45) is 5.73 Å². The Bertz CT molecular complexity index is 1340. The first-order chi connectivity index (χ1) is 15.4. The van der Waals surface area contributed by atoms with Gasteiger partial charge in [-0.2, -0.15) is 0 Å². The molecule has 0 fully saturated rings. The zero-order valence-electron chi connectivity index (χ0n) is 17.6. The molecule has 0 saturated carbocycles. The standard InChI is InChI=1S/C25H24N2O4S/c1-18-11-13-21(14-12-18)32(29,30)27-16-20(22-9-5-6-10-24(22)27)15-23(26)25(28)31-17-19-7-3-2-4-8-19/h2-14,16,23H,15,17,26H2,1H3/t23-/m0/s1. The SMILES string of the molecule is Cc1ccc(S(=O)(=O)n2cc(C[C@H](N)C(=O)OCc3ccccc3)c3ccccc32)cc1. The fraction of sp³-hybridized carbons (Fsp3) is 0.160. The average Bonchev–Trinajstić information content (AvgIpc) is 3.17. The Morgan fingerprint density at radius 1 is 0.969 bits per heavy atom. The largest absolute Gasteiger partial charge is 0.460 e. The molecule has 0 spiro atoms. The topological polar surface area (TPSA) is 91.4 Å². The molecule has 0 saturated heterocycles. The molecule has 1 heterocycles. The molecule has 1 aromatic heterocycles. The van der Waals surface area contributed by atoms with Gasteiger partial charge in [0.2, 0.25) is 0 Å². The predicted molar refractivity (Wildman–Crippen MR) is 124 cm³/mol. The predicted octanol–water partition coefficient (Wildman–Crippen LogP) is 3.80. The number of carbonyl (C=O) groups excluding carboxylic acids is 1. The summed E-state index contributed by atoms with van der Waals surface area (Å²) in [5.41, 5.74) is 9.16. The van der Waals surface area contributed by atoms with Gasteiger partial charge in [0.25, 0.3) is 10.0 Å². The van der Waals surface area contributed by atoms with Gasteiger partial charge >= 0.3 is 5.97 Å². The van der Waals surface area contributed by atoms with Crippen LogP contribution in [0.1, 0.15) is 16.7 Å². The number of fused-ring (bicyclic) bond motifs is 1. The number of aromatic nitrogens is 1. The molecule has 0 bridgehead atoms. The van der Waals surface area contributed by atoms with E-state index in [1.54, 1.807) is 42.6 Å².